The molecular weight excluding hydrogens is 266 g/mol. The van der Waals surface area contributed by atoms with E-state index in [-0.39, 0.29) is 5.91 Å². The normalized spacial score (nSPS) is 10.4. The predicted molar refractivity (Wildman–Crippen MR) is 82.4 cm³/mol. The van der Waals surface area contributed by atoms with E-state index < -0.39 is 0 Å². The van der Waals surface area contributed by atoms with Gasteiger partial charge in [0.15, 0.2) is 5.76 Å². The number of hydrogen-bond acceptors (Lipinski definition) is 4. The number of nitrogens with zero attached hydrogens (tertiary/aromatic N) is 1. The monoisotopic (exact) mass is 287 g/mol. The Kier molecular flexibility index (Phi) is 4.98. The van der Waals surface area contributed by atoms with Crippen LogP contribution in [0.4, 0.5) is 5.69 Å². The molecule has 0 aliphatic carbocycles. The number of anilines is 1. The summed E-state index contributed by atoms with van der Waals surface area (Å²) in [5, 5.41) is 9.94. The van der Waals surface area contributed by atoms with Crippen molar-refractivity contribution in [1.29, 1.82) is 0 Å². The first-order valence-electron chi connectivity index (χ1n) is 7.15. The van der Waals surface area contributed by atoms with Gasteiger partial charge in [-0.25, -0.2) is 0 Å². The standard InChI is InChI=1S/C16H21N3O2/c1-4-7-17-15-8-11(2)5-6-14(15)16(20)18-10-13-9-12(3)19-21-13/h5-6,8-9,17H,4,7,10H2,1-3H3,(H,18,20). The zero-order chi connectivity index (χ0) is 15.2. The van der Waals surface area contributed by atoms with Crippen LogP contribution in [-0.2, 0) is 6.54 Å². The molecule has 5 heteroatoms. The van der Waals surface area contributed by atoms with Crippen molar-refractivity contribution in [3.63, 3.8) is 0 Å². The molecule has 5 nitrogen and oxygen atoms in total. The number of carbonyl (C=O) groups excluding carboxylic acids is 1. The Morgan fingerprint density at radius 2 is 2.10 bits per heavy atom. The van der Waals surface area contributed by atoms with Gasteiger partial charge in [0.25, 0.3) is 5.91 Å². The fourth-order valence-electron chi connectivity index (χ4n) is 2.02. The van der Waals surface area contributed by atoms with Crippen molar-refractivity contribution in [2.75, 3.05) is 11.9 Å². The van der Waals surface area contributed by atoms with Crippen molar-refractivity contribution >= 4 is 11.6 Å². The van der Waals surface area contributed by atoms with Gasteiger partial charge in [-0.15, -0.1) is 0 Å². The Bertz CT molecular complexity index is 620. The number of aryl methyl sites for hydroxylation is 2. The topological polar surface area (TPSA) is 67.2 Å². The van der Waals surface area contributed by atoms with Crippen LogP contribution >= 0.6 is 0 Å². The minimum absolute atomic E-state index is 0.123. The second-order valence-corrected chi connectivity index (χ2v) is 5.09. The van der Waals surface area contributed by atoms with Crippen molar-refractivity contribution < 1.29 is 9.32 Å². The zero-order valence-corrected chi connectivity index (χ0v) is 12.7. The largest absolute Gasteiger partial charge is 0.384 e. The summed E-state index contributed by atoms with van der Waals surface area (Å²) in [6, 6.07) is 7.58. The van der Waals surface area contributed by atoms with Gasteiger partial charge >= 0.3 is 0 Å². The Labute approximate surface area is 124 Å². The van der Waals surface area contributed by atoms with Gasteiger partial charge in [-0.05, 0) is 38.0 Å². The molecule has 2 aromatic rings. The number of carbonyl (C=O) groups is 1. The number of hydrogen-bond donors (Lipinski definition) is 2. The van der Waals surface area contributed by atoms with E-state index in [0.29, 0.717) is 17.9 Å². The molecule has 2 rings (SSSR count). The quantitative estimate of drug-likeness (QED) is 0.857. The maximum absolute atomic E-state index is 12.3. The molecule has 0 atom stereocenters. The van der Waals surface area contributed by atoms with E-state index in [9.17, 15) is 4.79 Å². The highest BCUT2D eigenvalue weighted by Gasteiger charge is 2.12. The molecule has 2 N–H and O–H groups in total. The molecule has 1 aromatic carbocycles. The highest BCUT2D eigenvalue weighted by Crippen LogP contribution is 2.18. The van der Waals surface area contributed by atoms with Gasteiger partial charge in [0, 0.05) is 18.3 Å². The molecule has 0 aliphatic rings. The van der Waals surface area contributed by atoms with Crippen LogP contribution in [0.15, 0.2) is 28.8 Å². The number of nitrogens with one attached hydrogen (secondary N) is 2. The molecule has 112 valence electrons. The predicted octanol–water partition coefficient (Wildman–Crippen LogP) is 3.04. The van der Waals surface area contributed by atoms with E-state index in [1.807, 2.05) is 38.1 Å². The van der Waals surface area contributed by atoms with Gasteiger partial charge in [-0.3, -0.25) is 4.79 Å². The van der Waals surface area contributed by atoms with Gasteiger partial charge in [0.2, 0.25) is 0 Å². The second kappa shape index (κ2) is 6.92. The molecule has 0 fully saturated rings. The van der Waals surface area contributed by atoms with Crippen molar-refractivity contribution in [3.8, 4) is 0 Å². The first kappa shape index (κ1) is 15.1. The Hall–Kier alpha value is -2.30. The minimum Gasteiger partial charge on any atom is -0.384 e. The Morgan fingerprint density at radius 1 is 1.29 bits per heavy atom. The molecule has 0 aliphatic heterocycles. The fraction of sp³-hybridized carbons (Fsp3) is 0.375. The van der Waals surface area contributed by atoms with E-state index >= 15 is 0 Å². The van der Waals surface area contributed by atoms with Gasteiger partial charge in [-0.1, -0.05) is 18.1 Å². The molecule has 1 amide bonds. The van der Waals surface area contributed by atoms with Crippen molar-refractivity contribution in [2.45, 2.75) is 33.7 Å². The first-order chi connectivity index (χ1) is 10.1. The summed E-state index contributed by atoms with van der Waals surface area (Å²) in [5.74, 6) is 0.527. The summed E-state index contributed by atoms with van der Waals surface area (Å²) in [4.78, 5) is 12.3. The maximum Gasteiger partial charge on any atom is 0.253 e. The fourth-order valence-corrected chi connectivity index (χ4v) is 2.02. The van der Waals surface area contributed by atoms with Gasteiger partial charge < -0.3 is 15.2 Å². The molecule has 0 unspecified atom stereocenters. The van der Waals surface area contributed by atoms with E-state index in [1.165, 1.54) is 0 Å². The van der Waals surface area contributed by atoms with Crippen LogP contribution < -0.4 is 10.6 Å². The van der Waals surface area contributed by atoms with Crippen LogP contribution in [0.1, 0.15) is 40.7 Å². The molecular formula is C16H21N3O2. The molecule has 1 heterocycles. The zero-order valence-electron chi connectivity index (χ0n) is 12.7. The van der Waals surface area contributed by atoms with Crippen LogP contribution in [0.2, 0.25) is 0 Å². The lowest BCUT2D eigenvalue weighted by Gasteiger charge is -2.12. The second-order valence-electron chi connectivity index (χ2n) is 5.09. The number of amides is 1. The summed E-state index contributed by atoms with van der Waals surface area (Å²) >= 11 is 0. The van der Waals surface area contributed by atoms with E-state index in [1.54, 1.807) is 0 Å². The van der Waals surface area contributed by atoms with Crippen molar-refractivity contribution in [2.24, 2.45) is 0 Å². The highest BCUT2D eigenvalue weighted by molar-refractivity contribution is 5.99. The van der Waals surface area contributed by atoms with Crippen molar-refractivity contribution in [3.05, 3.63) is 46.8 Å². The summed E-state index contributed by atoms with van der Waals surface area (Å²) in [6.45, 7) is 7.12. The lowest BCUT2D eigenvalue weighted by molar-refractivity contribution is 0.0948. The molecule has 0 spiro atoms. The van der Waals surface area contributed by atoms with Crippen LogP contribution in [0, 0.1) is 13.8 Å². The average Bonchev–Trinajstić information content (AvgIpc) is 2.88. The SMILES string of the molecule is CCCNc1cc(C)ccc1C(=O)NCc1cc(C)no1. The lowest BCUT2D eigenvalue weighted by Crippen LogP contribution is -2.24. The number of aromatic nitrogens is 1. The van der Waals surface area contributed by atoms with E-state index in [0.717, 1.165) is 29.9 Å². The molecule has 1 aromatic heterocycles. The number of rotatable bonds is 6. The van der Waals surface area contributed by atoms with Crippen molar-refractivity contribution in [1.82, 2.24) is 10.5 Å². The number of benzene rings is 1. The molecule has 0 saturated carbocycles. The van der Waals surface area contributed by atoms with E-state index in [4.69, 9.17) is 4.52 Å². The molecule has 21 heavy (non-hydrogen) atoms. The van der Waals surface area contributed by atoms with Crippen LogP contribution in [0.5, 0.6) is 0 Å². The van der Waals surface area contributed by atoms with Gasteiger partial charge in [0.05, 0.1) is 17.8 Å². The Balaban J connectivity index is 2.07. The smallest absolute Gasteiger partial charge is 0.253 e. The van der Waals surface area contributed by atoms with E-state index in [2.05, 4.69) is 22.7 Å². The molecule has 0 saturated heterocycles. The first-order valence-corrected chi connectivity index (χ1v) is 7.15. The minimum atomic E-state index is -0.123. The summed E-state index contributed by atoms with van der Waals surface area (Å²) in [7, 11) is 0. The lowest BCUT2D eigenvalue weighted by atomic mass is 10.1. The maximum atomic E-state index is 12.3. The van der Waals surface area contributed by atoms with Crippen LogP contribution in [0.3, 0.4) is 0 Å². The van der Waals surface area contributed by atoms with Gasteiger partial charge in [-0.2, -0.15) is 0 Å². The summed E-state index contributed by atoms with van der Waals surface area (Å²) in [6.07, 6.45) is 1.01. The summed E-state index contributed by atoms with van der Waals surface area (Å²) < 4.78 is 5.08. The summed E-state index contributed by atoms with van der Waals surface area (Å²) in [5.41, 5.74) is 3.43. The highest BCUT2D eigenvalue weighted by atomic mass is 16.5. The Morgan fingerprint density at radius 3 is 2.76 bits per heavy atom. The van der Waals surface area contributed by atoms with Gasteiger partial charge in [0.1, 0.15) is 0 Å². The van der Waals surface area contributed by atoms with Crippen LogP contribution in [0.25, 0.3) is 0 Å². The third-order valence-corrected chi connectivity index (χ3v) is 3.09. The third kappa shape index (κ3) is 4.08. The van der Waals surface area contributed by atoms with Crippen LogP contribution in [-0.4, -0.2) is 17.6 Å². The molecule has 0 bridgehead atoms. The molecule has 0 radical (unpaired) electrons. The third-order valence-electron chi connectivity index (χ3n) is 3.09. The average molecular weight is 287 g/mol.